The van der Waals surface area contributed by atoms with Crippen molar-refractivity contribution in [2.75, 3.05) is 19.5 Å². The van der Waals surface area contributed by atoms with E-state index in [4.69, 9.17) is 8.92 Å². The summed E-state index contributed by atoms with van der Waals surface area (Å²) >= 11 is 0. The van der Waals surface area contributed by atoms with Gasteiger partial charge >= 0.3 is 0 Å². The van der Waals surface area contributed by atoms with Crippen LogP contribution in [0.3, 0.4) is 0 Å². The van der Waals surface area contributed by atoms with Crippen LogP contribution in [-0.4, -0.2) is 57.1 Å². The van der Waals surface area contributed by atoms with Crippen LogP contribution in [0.4, 0.5) is 0 Å². The predicted molar refractivity (Wildman–Crippen MR) is 97.6 cm³/mol. The van der Waals surface area contributed by atoms with E-state index in [2.05, 4.69) is 10.4 Å². The number of rotatable bonds is 8. The number of ether oxygens (including phenoxy) is 1. The van der Waals surface area contributed by atoms with Crippen molar-refractivity contribution in [2.45, 2.75) is 88.9 Å². The van der Waals surface area contributed by atoms with Crippen molar-refractivity contribution >= 4 is 10.1 Å². The van der Waals surface area contributed by atoms with Crippen molar-refractivity contribution in [3.05, 3.63) is 0 Å². The molecular formula is C18H34N2O4S. The van der Waals surface area contributed by atoms with Gasteiger partial charge < -0.3 is 4.74 Å². The number of hydrogen-bond acceptors (Lipinski definition) is 6. The second-order valence-electron chi connectivity index (χ2n) is 8.12. The molecule has 6 nitrogen and oxygen atoms in total. The predicted octanol–water partition coefficient (Wildman–Crippen LogP) is 2.45. The molecule has 7 heteroatoms. The smallest absolute Gasteiger partial charge is 0.269 e. The SMILES string of the molecule is COC[C@H]1C[C@H]2CCC[C@H]2N1N[C@@H](C)CS(=O)(=O)OC1CCCCC1. The zero-order chi connectivity index (χ0) is 17.9. The molecule has 25 heavy (non-hydrogen) atoms. The highest BCUT2D eigenvalue weighted by Gasteiger charge is 2.44. The molecule has 0 aromatic carbocycles. The molecule has 2 saturated carbocycles. The first-order valence-corrected chi connectivity index (χ1v) is 11.5. The van der Waals surface area contributed by atoms with Gasteiger partial charge in [0.1, 0.15) is 0 Å². The van der Waals surface area contributed by atoms with Gasteiger partial charge in [-0.3, -0.25) is 9.61 Å². The first-order valence-electron chi connectivity index (χ1n) is 9.93. The minimum absolute atomic E-state index is 0.0249. The fourth-order valence-corrected chi connectivity index (χ4v) is 6.31. The molecule has 3 rings (SSSR count). The summed E-state index contributed by atoms with van der Waals surface area (Å²) in [6, 6.07) is 0.696. The van der Waals surface area contributed by atoms with Gasteiger partial charge in [-0.15, -0.1) is 0 Å². The molecule has 0 aromatic heterocycles. The summed E-state index contributed by atoms with van der Waals surface area (Å²) in [5.41, 5.74) is 3.47. The normalized spacial score (nSPS) is 32.8. The third kappa shape index (κ3) is 5.16. The summed E-state index contributed by atoms with van der Waals surface area (Å²) in [4.78, 5) is 0. The molecule has 1 saturated heterocycles. The standard InChI is InChI=1S/C18H34N2O4S/c1-14(13-25(21,22)24-17-8-4-3-5-9-17)19-20-16(12-23-2)11-15-7-6-10-18(15)20/h14-19H,3-13H2,1-2H3/t14-,15+,16+,18+/m0/s1. The van der Waals surface area contributed by atoms with E-state index in [1.807, 2.05) is 6.92 Å². The first kappa shape index (κ1) is 19.5. The Morgan fingerprint density at radius 1 is 1.12 bits per heavy atom. The van der Waals surface area contributed by atoms with Crippen molar-refractivity contribution in [1.29, 1.82) is 0 Å². The number of hydrazine groups is 1. The second-order valence-corrected chi connectivity index (χ2v) is 9.76. The van der Waals surface area contributed by atoms with Crippen molar-refractivity contribution in [1.82, 2.24) is 10.4 Å². The molecule has 146 valence electrons. The zero-order valence-electron chi connectivity index (χ0n) is 15.7. The fraction of sp³-hybridized carbons (Fsp3) is 1.00. The molecule has 0 aromatic rings. The van der Waals surface area contributed by atoms with Crippen LogP contribution in [0.15, 0.2) is 0 Å². The summed E-state index contributed by atoms with van der Waals surface area (Å²) in [5, 5.41) is 2.29. The van der Waals surface area contributed by atoms with Crippen molar-refractivity contribution in [2.24, 2.45) is 5.92 Å². The van der Waals surface area contributed by atoms with Crippen molar-refractivity contribution in [3.63, 3.8) is 0 Å². The van der Waals surface area contributed by atoms with Gasteiger partial charge in [-0.05, 0) is 44.9 Å². The van der Waals surface area contributed by atoms with E-state index < -0.39 is 10.1 Å². The summed E-state index contributed by atoms with van der Waals surface area (Å²) < 4.78 is 35.7. The summed E-state index contributed by atoms with van der Waals surface area (Å²) in [6.07, 6.45) is 9.84. The molecule has 0 radical (unpaired) electrons. The van der Waals surface area contributed by atoms with Gasteiger partial charge in [-0.2, -0.15) is 8.42 Å². The largest absolute Gasteiger partial charge is 0.383 e. The molecular weight excluding hydrogens is 340 g/mol. The Hall–Kier alpha value is -0.210. The van der Waals surface area contributed by atoms with Crippen molar-refractivity contribution in [3.8, 4) is 0 Å². The minimum Gasteiger partial charge on any atom is -0.383 e. The van der Waals surface area contributed by atoms with Crippen LogP contribution < -0.4 is 5.43 Å². The van der Waals surface area contributed by atoms with Gasteiger partial charge in [0.05, 0.1) is 18.5 Å². The fourth-order valence-electron chi connectivity index (χ4n) is 4.94. The number of methoxy groups -OCH3 is 1. The molecule has 3 aliphatic rings. The molecule has 0 unspecified atom stereocenters. The molecule has 1 N–H and O–H groups in total. The lowest BCUT2D eigenvalue weighted by Crippen LogP contribution is -2.53. The van der Waals surface area contributed by atoms with Gasteiger partial charge in [0.15, 0.2) is 0 Å². The van der Waals surface area contributed by atoms with Crippen LogP contribution in [0, 0.1) is 5.92 Å². The second kappa shape index (κ2) is 8.65. The summed E-state index contributed by atoms with van der Waals surface area (Å²) in [7, 11) is -1.76. The Kier molecular flexibility index (Phi) is 6.77. The van der Waals surface area contributed by atoms with Crippen LogP contribution in [0.1, 0.15) is 64.7 Å². The topological polar surface area (TPSA) is 67.9 Å². The highest BCUT2D eigenvalue weighted by molar-refractivity contribution is 7.86. The van der Waals surface area contributed by atoms with Crippen LogP contribution in [0.25, 0.3) is 0 Å². The number of nitrogens with one attached hydrogen (secondary N) is 1. The number of nitrogens with zero attached hydrogens (tertiary/aromatic N) is 1. The number of fused-ring (bicyclic) bond motifs is 1. The maximum Gasteiger partial charge on any atom is 0.269 e. The maximum absolute atomic E-state index is 12.4. The Balaban J connectivity index is 1.53. The van der Waals surface area contributed by atoms with Crippen LogP contribution in [-0.2, 0) is 19.0 Å². The van der Waals surface area contributed by atoms with E-state index in [1.54, 1.807) is 7.11 Å². The van der Waals surface area contributed by atoms with Crippen LogP contribution in [0.5, 0.6) is 0 Å². The average molecular weight is 375 g/mol. The Bertz CT molecular complexity index is 521. The first-order chi connectivity index (χ1) is 12.0. The molecule has 3 fully saturated rings. The quantitative estimate of drug-likeness (QED) is 0.658. The Morgan fingerprint density at radius 3 is 2.60 bits per heavy atom. The van der Waals surface area contributed by atoms with Gasteiger partial charge in [0.25, 0.3) is 10.1 Å². The molecule has 1 heterocycles. The maximum atomic E-state index is 12.4. The zero-order valence-corrected chi connectivity index (χ0v) is 16.5. The average Bonchev–Trinajstić information content (AvgIpc) is 3.11. The van der Waals surface area contributed by atoms with E-state index in [1.165, 1.54) is 25.7 Å². The van der Waals surface area contributed by atoms with Gasteiger partial charge in [-0.1, -0.05) is 25.7 Å². The summed E-state index contributed by atoms with van der Waals surface area (Å²) in [5.74, 6) is 0.742. The lowest BCUT2D eigenvalue weighted by Gasteiger charge is -2.33. The van der Waals surface area contributed by atoms with E-state index in [-0.39, 0.29) is 17.9 Å². The van der Waals surface area contributed by atoms with Gasteiger partial charge in [0, 0.05) is 25.2 Å². The van der Waals surface area contributed by atoms with Crippen molar-refractivity contribution < 1.29 is 17.3 Å². The number of hydrogen-bond donors (Lipinski definition) is 1. The lowest BCUT2D eigenvalue weighted by atomic mass is 9.98. The molecule has 4 atom stereocenters. The van der Waals surface area contributed by atoms with E-state index in [0.717, 1.165) is 38.0 Å². The third-order valence-electron chi connectivity index (χ3n) is 5.96. The molecule has 2 aliphatic carbocycles. The Labute approximate surface area is 152 Å². The van der Waals surface area contributed by atoms with E-state index in [9.17, 15) is 8.42 Å². The van der Waals surface area contributed by atoms with Crippen LogP contribution in [0.2, 0.25) is 0 Å². The highest BCUT2D eigenvalue weighted by atomic mass is 32.2. The highest BCUT2D eigenvalue weighted by Crippen LogP contribution is 2.40. The molecule has 0 amide bonds. The monoisotopic (exact) mass is 374 g/mol. The third-order valence-corrected chi connectivity index (χ3v) is 7.44. The van der Waals surface area contributed by atoms with E-state index in [0.29, 0.717) is 18.7 Å². The Morgan fingerprint density at radius 2 is 1.88 bits per heavy atom. The molecule has 1 aliphatic heterocycles. The van der Waals surface area contributed by atoms with E-state index >= 15 is 0 Å². The van der Waals surface area contributed by atoms with Gasteiger partial charge in [-0.25, -0.2) is 5.01 Å². The summed E-state index contributed by atoms with van der Waals surface area (Å²) in [6.45, 7) is 2.63. The van der Waals surface area contributed by atoms with Gasteiger partial charge in [0.2, 0.25) is 0 Å². The lowest BCUT2D eigenvalue weighted by molar-refractivity contribution is 0.0469. The van der Waals surface area contributed by atoms with Crippen LogP contribution >= 0.6 is 0 Å². The molecule has 0 bridgehead atoms. The minimum atomic E-state index is -3.49. The molecule has 0 spiro atoms.